The van der Waals surface area contributed by atoms with Gasteiger partial charge in [-0.1, -0.05) is 17.4 Å². The van der Waals surface area contributed by atoms with Gasteiger partial charge in [0, 0.05) is 24.9 Å². The highest BCUT2D eigenvalue weighted by Gasteiger charge is 2.17. The molecule has 1 N–H and O–H groups in total. The van der Waals surface area contributed by atoms with Crippen LogP contribution in [0.2, 0.25) is 0 Å². The molecule has 0 aliphatic heterocycles. The van der Waals surface area contributed by atoms with Crippen LogP contribution in [0.4, 0.5) is 9.52 Å². The van der Waals surface area contributed by atoms with Gasteiger partial charge in [0.2, 0.25) is 5.91 Å². The maximum absolute atomic E-state index is 13.0. The minimum Gasteiger partial charge on any atom is -0.379 e. The summed E-state index contributed by atoms with van der Waals surface area (Å²) in [5, 5.41) is 3.16. The molecule has 0 bridgehead atoms. The number of amides is 1. The molecule has 2 aromatic heterocycles. The van der Waals surface area contributed by atoms with Crippen molar-refractivity contribution in [1.29, 1.82) is 0 Å². The topological polar surface area (TPSA) is 98.2 Å². The molecular formula is C21H16FN3O4S2. The Morgan fingerprint density at radius 3 is 2.68 bits per heavy atom. The molecule has 0 saturated heterocycles. The van der Waals surface area contributed by atoms with E-state index >= 15 is 0 Å². The second-order valence-corrected chi connectivity index (χ2v) is 9.13. The Balaban J connectivity index is 1.44. The van der Waals surface area contributed by atoms with Crippen molar-refractivity contribution >= 4 is 42.7 Å². The third-order valence-corrected chi connectivity index (χ3v) is 6.47. The number of nitrogens with zero attached hydrogens (tertiary/aromatic N) is 2. The first-order valence-corrected chi connectivity index (χ1v) is 11.4. The zero-order chi connectivity index (χ0) is 21.8. The molecule has 158 valence electrons. The van der Waals surface area contributed by atoms with Crippen LogP contribution in [0.3, 0.4) is 0 Å². The Hall–Kier alpha value is -3.37. The number of hydrogen-bond donors (Lipinski definition) is 1. The van der Waals surface area contributed by atoms with Gasteiger partial charge >= 0.3 is 10.1 Å². The molecule has 0 radical (unpaired) electrons. The molecule has 10 heteroatoms. The minimum absolute atomic E-state index is 0.0925. The zero-order valence-electron chi connectivity index (χ0n) is 16.0. The third kappa shape index (κ3) is 5.22. The summed E-state index contributed by atoms with van der Waals surface area (Å²) in [6.07, 6.45) is 4.23. The Morgan fingerprint density at radius 2 is 1.94 bits per heavy atom. The smallest absolute Gasteiger partial charge is 0.339 e. The number of thiazole rings is 1. The number of hydrogen-bond acceptors (Lipinski definition) is 7. The van der Waals surface area contributed by atoms with Crippen molar-refractivity contribution in [1.82, 2.24) is 9.97 Å². The molecule has 7 nitrogen and oxygen atoms in total. The third-order valence-electron chi connectivity index (χ3n) is 4.28. The second kappa shape index (κ2) is 8.78. The Labute approximate surface area is 181 Å². The van der Waals surface area contributed by atoms with Crippen molar-refractivity contribution in [3.05, 3.63) is 78.4 Å². The maximum atomic E-state index is 13.0. The van der Waals surface area contributed by atoms with Gasteiger partial charge in [0.15, 0.2) is 5.13 Å². The predicted octanol–water partition coefficient (Wildman–Crippen LogP) is 4.17. The number of halogens is 1. The average Bonchev–Trinajstić information content (AvgIpc) is 3.14. The second-order valence-electron chi connectivity index (χ2n) is 6.55. The van der Waals surface area contributed by atoms with Crippen molar-refractivity contribution in [2.45, 2.75) is 17.7 Å². The van der Waals surface area contributed by atoms with E-state index in [0.717, 1.165) is 29.8 Å². The number of carbonyl (C=O) groups excluding carboxylic acids is 1. The molecule has 0 saturated carbocycles. The molecule has 31 heavy (non-hydrogen) atoms. The fraction of sp³-hybridized carbons (Fsp3) is 0.0952. The van der Waals surface area contributed by atoms with Crippen LogP contribution in [0.15, 0.2) is 71.9 Å². The number of anilines is 1. The Bertz CT molecular complexity index is 1320. The fourth-order valence-electron chi connectivity index (χ4n) is 2.77. The van der Waals surface area contributed by atoms with Crippen LogP contribution in [0.1, 0.15) is 12.0 Å². The standard InChI is InChI=1S/C21H16FN3O4S2/c22-15-4-7-17(8-5-15)31(27,28)29-16-6-9-18-19(12-16)30-21(24-18)25-20(26)10-3-14-2-1-11-23-13-14/h1-2,4-9,11-13H,3,10H2,(H,24,25,26). The summed E-state index contributed by atoms with van der Waals surface area (Å²) < 4.78 is 43.6. The Morgan fingerprint density at radius 1 is 1.13 bits per heavy atom. The molecular weight excluding hydrogens is 441 g/mol. The number of aryl methyl sites for hydroxylation is 1. The van der Waals surface area contributed by atoms with Crippen LogP contribution < -0.4 is 9.50 Å². The van der Waals surface area contributed by atoms with Gasteiger partial charge in [-0.3, -0.25) is 9.78 Å². The molecule has 2 heterocycles. The van der Waals surface area contributed by atoms with Crippen LogP contribution in [-0.2, 0) is 21.3 Å². The van der Waals surface area contributed by atoms with Gasteiger partial charge in [0.25, 0.3) is 0 Å². The van der Waals surface area contributed by atoms with Gasteiger partial charge in [0.05, 0.1) is 10.2 Å². The fourth-order valence-corrected chi connectivity index (χ4v) is 4.61. The highest BCUT2D eigenvalue weighted by atomic mass is 32.2. The van der Waals surface area contributed by atoms with E-state index in [4.69, 9.17) is 4.18 Å². The van der Waals surface area contributed by atoms with Crippen molar-refractivity contribution in [3.8, 4) is 5.75 Å². The highest BCUT2D eigenvalue weighted by molar-refractivity contribution is 7.87. The summed E-state index contributed by atoms with van der Waals surface area (Å²) in [7, 11) is -4.10. The normalized spacial score (nSPS) is 11.4. The minimum atomic E-state index is -4.10. The molecule has 0 spiro atoms. The van der Waals surface area contributed by atoms with E-state index in [1.54, 1.807) is 18.5 Å². The van der Waals surface area contributed by atoms with Crippen molar-refractivity contribution in [2.24, 2.45) is 0 Å². The first-order valence-electron chi connectivity index (χ1n) is 9.18. The van der Waals surface area contributed by atoms with Crippen molar-refractivity contribution < 1.29 is 21.8 Å². The van der Waals surface area contributed by atoms with E-state index in [2.05, 4.69) is 15.3 Å². The molecule has 4 aromatic rings. The summed E-state index contributed by atoms with van der Waals surface area (Å²) in [6, 6.07) is 12.7. The lowest BCUT2D eigenvalue weighted by Gasteiger charge is -2.06. The molecule has 0 aliphatic carbocycles. The number of nitrogens with one attached hydrogen (secondary N) is 1. The summed E-state index contributed by atoms with van der Waals surface area (Å²) in [6.45, 7) is 0. The number of pyridine rings is 1. The van der Waals surface area contributed by atoms with Gasteiger partial charge in [-0.25, -0.2) is 9.37 Å². The van der Waals surface area contributed by atoms with Gasteiger partial charge in [-0.05, 0) is 54.4 Å². The number of carbonyl (C=O) groups is 1. The average molecular weight is 458 g/mol. The SMILES string of the molecule is O=C(CCc1cccnc1)Nc1nc2ccc(OS(=O)(=O)c3ccc(F)cc3)cc2s1. The number of benzene rings is 2. The lowest BCUT2D eigenvalue weighted by molar-refractivity contribution is -0.116. The number of fused-ring (bicyclic) bond motifs is 1. The highest BCUT2D eigenvalue weighted by Crippen LogP contribution is 2.30. The molecule has 2 aromatic carbocycles. The van der Waals surface area contributed by atoms with E-state index in [0.29, 0.717) is 21.8 Å². The quantitative estimate of drug-likeness (QED) is 0.418. The molecule has 0 unspecified atom stereocenters. The van der Waals surface area contributed by atoms with Crippen LogP contribution in [0.5, 0.6) is 5.75 Å². The summed E-state index contributed by atoms with van der Waals surface area (Å²) in [4.78, 5) is 20.4. The molecule has 0 atom stereocenters. The molecule has 1 amide bonds. The van der Waals surface area contributed by atoms with E-state index in [1.807, 2.05) is 12.1 Å². The zero-order valence-corrected chi connectivity index (χ0v) is 17.6. The predicted molar refractivity (Wildman–Crippen MR) is 115 cm³/mol. The summed E-state index contributed by atoms with van der Waals surface area (Å²) in [5.74, 6) is -0.631. The van der Waals surface area contributed by atoms with Crippen LogP contribution in [0, 0.1) is 5.82 Å². The number of rotatable bonds is 7. The van der Waals surface area contributed by atoms with E-state index in [9.17, 15) is 17.6 Å². The summed E-state index contributed by atoms with van der Waals surface area (Å²) in [5.41, 5.74) is 1.56. The largest absolute Gasteiger partial charge is 0.379 e. The lowest BCUT2D eigenvalue weighted by atomic mass is 10.1. The van der Waals surface area contributed by atoms with E-state index in [1.165, 1.54) is 23.5 Å². The van der Waals surface area contributed by atoms with Crippen LogP contribution >= 0.6 is 11.3 Å². The molecule has 0 fully saturated rings. The maximum Gasteiger partial charge on any atom is 0.339 e. The van der Waals surface area contributed by atoms with Gasteiger partial charge in [-0.15, -0.1) is 0 Å². The molecule has 4 rings (SSSR count). The lowest BCUT2D eigenvalue weighted by Crippen LogP contribution is -2.12. The Kier molecular flexibility index (Phi) is 5.92. The molecule has 0 aliphatic rings. The van der Waals surface area contributed by atoms with Gasteiger partial charge in [-0.2, -0.15) is 8.42 Å². The van der Waals surface area contributed by atoms with E-state index < -0.39 is 15.9 Å². The first-order chi connectivity index (χ1) is 14.9. The first kappa shape index (κ1) is 20.9. The van der Waals surface area contributed by atoms with Crippen molar-refractivity contribution in [3.63, 3.8) is 0 Å². The summed E-state index contributed by atoms with van der Waals surface area (Å²) >= 11 is 1.21. The van der Waals surface area contributed by atoms with Crippen LogP contribution in [0.25, 0.3) is 10.2 Å². The van der Waals surface area contributed by atoms with E-state index in [-0.39, 0.29) is 23.0 Å². The van der Waals surface area contributed by atoms with Crippen molar-refractivity contribution in [2.75, 3.05) is 5.32 Å². The van der Waals surface area contributed by atoms with Crippen LogP contribution in [-0.4, -0.2) is 24.3 Å². The monoisotopic (exact) mass is 457 g/mol. The van der Waals surface area contributed by atoms with Gasteiger partial charge in [0.1, 0.15) is 16.5 Å². The number of aromatic nitrogens is 2. The van der Waals surface area contributed by atoms with Gasteiger partial charge < -0.3 is 9.50 Å².